The van der Waals surface area contributed by atoms with Crippen LogP contribution in [-0.2, 0) is 11.2 Å². The summed E-state index contributed by atoms with van der Waals surface area (Å²) in [5, 5.41) is 4.68. The number of rotatable bonds is 3. The third-order valence-electron chi connectivity index (χ3n) is 2.21. The van der Waals surface area contributed by atoms with E-state index in [1.54, 1.807) is 6.20 Å². The van der Waals surface area contributed by atoms with Gasteiger partial charge >= 0.3 is 0 Å². The molecule has 0 fully saturated rings. The molecule has 0 aliphatic rings. The van der Waals surface area contributed by atoms with Crippen molar-refractivity contribution in [2.75, 3.05) is 6.54 Å². The molecule has 0 aliphatic carbocycles. The van der Waals surface area contributed by atoms with Crippen molar-refractivity contribution in [3.63, 3.8) is 0 Å². The molecule has 0 saturated heterocycles. The smallest absolute Gasteiger partial charge is 0.296 e. The van der Waals surface area contributed by atoms with Gasteiger partial charge in [0.05, 0.1) is 4.88 Å². The fourth-order valence-electron chi connectivity index (χ4n) is 1.36. The summed E-state index contributed by atoms with van der Waals surface area (Å²) in [7, 11) is 0. The molecule has 0 saturated carbocycles. The summed E-state index contributed by atoms with van der Waals surface area (Å²) in [6, 6.07) is 9.53. The monoisotopic (exact) mass is 256 g/mol. The molecule has 0 spiro atoms. The summed E-state index contributed by atoms with van der Waals surface area (Å²) < 4.78 is 0. The molecule has 4 heteroatoms. The van der Waals surface area contributed by atoms with Crippen LogP contribution in [-0.4, -0.2) is 17.4 Å². The zero-order chi connectivity index (χ0) is 12.6. The maximum atomic E-state index is 11.4. The van der Waals surface area contributed by atoms with E-state index in [0.29, 0.717) is 13.0 Å². The highest BCUT2D eigenvalue weighted by Gasteiger charge is 1.96. The number of hydrogen-bond donors (Lipinski definition) is 1. The minimum atomic E-state index is -0.251. The molecule has 0 bridgehead atoms. The molecule has 0 aliphatic heterocycles. The summed E-state index contributed by atoms with van der Waals surface area (Å²) in [5.41, 5.74) is 0.962. The van der Waals surface area contributed by atoms with Crippen LogP contribution in [0, 0.1) is 11.8 Å². The molecule has 2 aromatic rings. The SMILES string of the molecule is O=C(C#Cc1cccs1)NCCc1ccccn1. The molecule has 3 nitrogen and oxygen atoms in total. The van der Waals surface area contributed by atoms with Crippen molar-refractivity contribution in [2.24, 2.45) is 0 Å². The third kappa shape index (κ3) is 4.04. The molecule has 0 unspecified atom stereocenters. The topological polar surface area (TPSA) is 42.0 Å². The summed E-state index contributed by atoms with van der Waals surface area (Å²) in [6.45, 7) is 0.551. The van der Waals surface area contributed by atoms with Gasteiger partial charge in [0.15, 0.2) is 0 Å². The fraction of sp³-hybridized carbons (Fsp3) is 0.143. The Morgan fingerprint density at radius 3 is 3.00 bits per heavy atom. The van der Waals surface area contributed by atoms with Crippen molar-refractivity contribution < 1.29 is 4.79 Å². The molecule has 2 aromatic heterocycles. The van der Waals surface area contributed by atoms with E-state index < -0.39 is 0 Å². The van der Waals surface area contributed by atoms with Gasteiger partial charge in [0.2, 0.25) is 0 Å². The maximum Gasteiger partial charge on any atom is 0.296 e. The Kier molecular flexibility index (Phi) is 4.51. The largest absolute Gasteiger partial charge is 0.345 e. The van der Waals surface area contributed by atoms with E-state index in [1.165, 1.54) is 11.3 Å². The van der Waals surface area contributed by atoms with E-state index in [4.69, 9.17) is 0 Å². The molecule has 1 N–H and O–H groups in total. The summed E-state index contributed by atoms with van der Waals surface area (Å²) in [6.07, 6.45) is 2.46. The number of thiophene rings is 1. The number of aromatic nitrogens is 1. The fourth-order valence-corrected chi connectivity index (χ4v) is 1.93. The van der Waals surface area contributed by atoms with Crippen molar-refractivity contribution in [3.05, 3.63) is 52.5 Å². The molecule has 90 valence electrons. The van der Waals surface area contributed by atoms with Crippen molar-refractivity contribution in [3.8, 4) is 11.8 Å². The van der Waals surface area contributed by atoms with E-state index >= 15 is 0 Å². The molecule has 1 amide bonds. The minimum absolute atomic E-state index is 0.251. The van der Waals surface area contributed by atoms with E-state index in [2.05, 4.69) is 22.1 Å². The second kappa shape index (κ2) is 6.58. The van der Waals surface area contributed by atoms with Crippen molar-refractivity contribution >= 4 is 17.2 Å². The van der Waals surface area contributed by atoms with Crippen LogP contribution in [0.25, 0.3) is 0 Å². The third-order valence-corrected chi connectivity index (χ3v) is 3.00. The quantitative estimate of drug-likeness (QED) is 0.852. The first-order chi connectivity index (χ1) is 8.84. The highest BCUT2D eigenvalue weighted by Crippen LogP contribution is 2.05. The molecule has 2 rings (SSSR count). The van der Waals surface area contributed by atoms with Gasteiger partial charge in [-0.15, -0.1) is 11.3 Å². The van der Waals surface area contributed by atoms with Gasteiger partial charge in [-0.2, -0.15) is 0 Å². The lowest BCUT2D eigenvalue weighted by atomic mass is 10.3. The van der Waals surface area contributed by atoms with Crippen LogP contribution < -0.4 is 5.32 Å². The number of nitrogens with one attached hydrogen (secondary N) is 1. The summed E-state index contributed by atoms with van der Waals surface area (Å²) in [4.78, 5) is 16.5. The highest BCUT2D eigenvalue weighted by molar-refractivity contribution is 7.10. The average Bonchev–Trinajstić information content (AvgIpc) is 2.91. The molecule has 2 heterocycles. The van der Waals surface area contributed by atoms with E-state index in [-0.39, 0.29) is 5.91 Å². The molecule has 0 atom stereocenters. The van der Waals surface area contributed by atoms with Gasteiger partial charge in [0, 0.05) is 30.8 Å². The number of carbonyl (C=O) groups is 1. The molecule has 0 aromatic carbocycles. The lowest BCUT2D eigenvalue weighted by Gasteiger charge is -2.00. The van der Waals surface area contributed by atoms with E-state index in [9.17, 15) is 4.79 Å². The first kappa shape index (κ1) is 12.3. The maximum absolute atomic E-state index is 11.4. The zero-order valence-electron chi connectivity index (χ0n) is 9.72. The van der Waals surface area contributed by atoms with Crippen LogP contribution in [0.2, 0.25) is 0 Å². The van der Waals surface area contributed by atoms with Gasteiger partial charge in [-0.3, -0.25) is 9.78 Å². The van der Waals surface area contributed by atoms with Gasteiger partial charge < -0.3 is 5.32 Å². The van der Waals surface area contributed by atoms with Gasteiger partial charge in [-0.1, -0.05) is 12.1 Å². The van der Waals surface area contributed by atoms with Gasteiger partial charge in [0.25, 0.3) is 5.91 Å². The highest BCUT2D eigenvalue weighted by atomic mass is 32.1. The number of pyridine rings is 1. The first-order valence-corrected chi connectivity index (χ1v) is 6.46. The van der Waals surface area contributed by atoms with Crippen molar-refractivity contribution in [1.82, 2.24) is 10.3 Å². The Balaban J connectivity index is 1.76. The second-order valence-corrected chi connectivity index (χ2v) is 4.50. The lowest BCUT2D eigenvalue weighted by molar-refractivity contribution is -0.115. The van der Waals surface area contributed by atoms with E-state index in [0.717, 1.165) is 10.6 Å². The standard InChI is InChI=1S/C14H12N2OS/c17-14(7-6-13-5-3-11-18-13)16-10-8-12-4-1-2-9-15-12/h1-5,9,11H,8,10H2,(H,16,17). The van der Waals surface area contributed by atoms with Crippen LogP contribution in [0.15, 0.2) is 41.9 Å². The number of amides is 1. The van der Waals surface area contributed by atoms with Crippen LogP contribution in [0.5, 0.6) is 0 Å². The van der Waals surface area contributed by atoms with Crippen LogP contribution in [0.4, 0.5) is 0 Å². The Bertz CT molecular complexity index is 552. The predicted molar refractivity (Wildman–Crippen MR) is 72.1 cm³/mol. The summed E-state index contributed by atoms with van der Waals surface area (Å²) >= 11 is 1.52. The van der Waals surface area contributed by atoms with E-state index in [1.807, 2.05) is 35.7 Å². The summed E-state index contributed by atoms with van der Waals surface area (Å²) in [5.74, 6) is 5.12. The first-order valence-electron chi connectivity index (χ1n) is 5.58. The average molecular weight is 256 g/mol. The van der Waals surface area contributed by atoms with Crippen LogP contribution >= 0.6 is 11.3 Å². The van der Waals surface area contributed by atoms with Gasteiger partial charge in [-0.05, 0) is 29.5 Å². The lowest BCUT2D eigenvalue weighted by Crippen LogP contribution is -2.24. The van der Waals surface area contributed by atoms with Gasteiger partial charge in [-0.25, -0.2) is 0 Å². The number of hydrogen-bond acceptors (Lipinski definition) is 3. The Hall–Kier alpha value is -2.12. The van der Waals surface area contributed by atoms with Gasteiger partial charge in [0.1, 0.15) is 0 Å². The van der Waals surface area contributed by atoms with Crippen LogP contribution in [0.3, 0.4) is 0 Å². The number of carbonyl (C=O) groups excluding carboxylic acids is 1. The minimum Gasteiger partial charge on any atom is -0.345 e. The molecular formula is C14H12N2OS. The number of nitrogens with zero attached hydrogens (tertiary/aromatic N) is 1. The van der Waals surface area contributed by atoms with Crippen molar-refractivity contribution in [1.29, 1.82) is 0 Å². The normalized spacial score (nSPS) is 9.33. The molecule has 18 heavy (non-hydrogen) atoms. The van der Waals surface area contributed by atoms with Crippen LogP contribution in [0.1, 0.15) is 10.6 Å². The second-order valence-electron chi connectivity index (χ2n) is 3.55. The van der Waals surface area contributed by atoms with Crippen molar-refractivity contribution in [2.45, 2.75) is 6.42 Å². The molecule has 0 radical (unpaired) electrons. The zero-order valence-corrected chi connectivity index (χ0v) is 10.5. The Morgan fingerprint density at radius 2 is 2.28 bits per heavy atom. The Labute approximate surface area is 110 Å². The Morgan fingerprint density at radius 1 is 1.33 bits per heavy atom. The molecular weight excluding hydrogens is 244 g/mol. The predicted octanol–water partition coefficient (Wildman–Crippen LogP) is 1.85.